The fourth-order valence-electron chi connectivity index (χ4n) is 1.89. The maximum atomic E-state index is 13.1. The van der Waals surface area contributed by atoms with Crippen molar-refractivity contribution in [3.8, 4) is 0 Å². The van der Waals surface area contributed by atoms with Crippen molar-refractivity contribution >= 4 is 27.7 Å². The molecule has 2 aromatic rings. The van der Waals surface area contributed by atoms with E-state index in [0.29, 0.717) is 0 Å². The van der Waals surface area contributed by atoms with E-state index >= 15 is 0 Å². The lowest BCUT2D eigenvalue weighted by Crippen LogP contribution is -2.14. The molecule has 1 unspecified atom stereocenters. The average molecular weight is 340 g/mol. The second-order valence-electron chi connectivity index (χ2n) is 4.35. The first-order chi connectivity index (χ1) is 9.08. The summed E-state index contributed by atoms with van der Waals surface area (Å²) in [4.78, 5) is 1.16. The zero-order valence-electron chi connectivity index (χ0n) is 10.6. The van der Waals surface area contributed by atoms with Gasteiger partial charge in [-0.2, -0.15) is 0 Å². The fraction of sp³-hybridized carbons (Fsp3) is 0.200. The van der Waals surface area contributed by atoms with Crippen molar-refractivity contribution in [1.82, 2.24) is 0 Å². The summed E-state index contributed by atoms with van der Waals surface area (Å²) in [6.45, 7) is 1.89. The fourth-order valence-corrected chi connectivity index (χ4v) is 3.43. The monoisotopic (exact) mass is 339 g/mol. The Morgan fingerprint density at radius 1 is 1.26 bits per heavy atom. The minimum absolute atomic E-state index is 0.0993. The minimum Gasteiger partial charge on any atom is -0.323 e. The molecular weight excluding hydrogens is 325 g/mol. The van der Waals surface area contributed by atoms with Crippen LogP contribution in [0, 0.1) is 12.7 Å². The lowest BCUT2D eigenvalue weighted by molar-refractivity contribution is 0.624. The maximum Gasteiger partial charge on any atom is 0.123 e. The van der Waals surface area contributed by atoms with Gasteiger partial charge in [0, 0.05) is 21.2 Å². The van der Waals surface area contributed by atoms with Crippen LogP contribution >= 0.6 is 27.7 Å². The maximum absolute atomic E-state index is 13.1. The molecule has 0 bridgehead atoms. The molecule has 0 spiro atoms. The van der Waals surface area contributed by atoms with Crippen LogP contribution in [-0.2, 0) is 0 Å². The van der Waals surface area contributed by atoms with Gasteiger partial charge in [-0.05, 0) is 58.2 Å². The van der Waals surface area contributed by atoms with Crippen LogP contribution in [0.15, 0.2) is 51.8 Å². The van der Waals surface area contributed by atoms with Crippen LogP contribution in [0.25, 0.3) is 0 Å². The van der Waals surface area contributed by atoms with E-state index in [1.54, 1.807) is 17.8 Å². The van der Waals surface area contributed by atoms with Crippen molar-refractivity contribution in [3.05, 3.63) is 63.9 Å². The van der Waals surface area contributed by atoms with Gasteiger partial charge in [0.1, 0.15) is 5.82 Å². The Hall–Kier alpha value is -0.840. The predicted molar refractivity (Wildman–Crippen MR) is 82.9 cm³/mol. The van der Waals surface area contributed by atoms with Crippen molar-refractivity contribution in [1.29, 1.82) is 0 Å². The number of thioether (sulfide) groups is 1. The Kier molecular flexibility index (Phi) is 5.02. The summed E-state index contributed by atoms with van der Waals surface area (Å²) >= 11 is 5.21. The molecule has 1 nitrogen and oxygen atoms in total. The van der Waals surface area contributed by atoms with Crippen molar-refractivity contribution < 1.29 is 4.39 Å². The average Bonchev–Trinajstić information content (AvgIpc) is 2.37. The highest BCUT2D eigenvalue weighted by Crippen LogP contribution is 2.30. The van der Waals surface area contributed by atoms with E-state index in [4.69, 9.17) is 5.73 Å². The predicted octanol–water partition coefficient (Wildman–Crippen LogP) is 4.69. The van der Waals surface area contributed by atoms with Crippen LogP contribution < -0.4 is 5.73 Å². The largest absolute Gasteiger partial charge is 0.323 e. The Bertz CT molecular complexity index is 574. The number of rotatable bonds is 4. The van der Waals surface area contributed by atoms with Crippen molar-refractivity contribution in [2.75, 3.05) is 5.75 Å². The summed E-state index contributed by atoms with van der Waals surface area (Å²) in [5, 5.41) is 0. The van der Waals surface area contributed by atoms with Crippen molar-refractivity contribution in [2.45, 2.75) is 17.9 Å². The first-order valence-corrected chi connectivity index (χ1v) is 7.75. The number of aryl methyl sites for hydroxylation is 1. The molecule has 0 aliphatic heterocycles. The Morgan fingerprint density at radius 2 is 2.00 bits per heavy atom. The van der Waals surface area contributed by atoms with E-state index < -0.39 is 0 Å². The topological polar surface area (TPSA) is 26.0 Å². The molecular formula is C15H15BrFNS. The molecule has 0 amide bonds. The van der Waals surface area contributed by atoms with E-state index in [1.165, 1.54) is 12.1 Å². The normalized spacial score (nSPS) is 12.4. The number of hydrogen-bond donors (Lipinski definition) is 1. The van der Waals surface area contributed by atoms with Crippen LogP contribution in [0.3, 0.4) is 0 Å². The highest BCUT2D eigenvalue weighted by atomic mass is 79.9. The van der Waals surface area contributed by atoms with Crippen LogP contribution in [-0.4, -0.2) is 5.75 Å². The molecule has 0 saturated heterocycles. The standard InChI is InChI=1S/C15H15BrFNS/c1-10-8-11(17)6-7-12(10)14(18)9-19-15-5-3-2-4-13(15)16/h2-8,14H,9,18H2,1H3. The summed E-state index contributed by atoms with van der Waals surface area (Å²) in [7, 11) is 0. The number of hydrogen-bond acceptors (Lipinski definition) is 2. The van der Waals surface area contributed by atoms with Gasteiger partial charge in [0.2, 0.25) is 0 Å². The first-order valence-electron chi connectivity index (χ1n) is 5.97. The van der Waals surface area contributed by atoms with Crippen LogP contribution in [0.2, 0.25) is 0 Å². The van der Waals surface area contributed by atoms with E-state index in [0.717, 1.165) is 26.2 Å². The number of nitrogens with two attached hydrogens (primary N) is 1. The van der Waals surface area contributed by atoms with Gasteiger partial charge < -0.3 is 5.73 Å². The lowest BCUT2D eigenvalue weighted by atomic mass is 10.0. The Balaban J connectivity index is 2.05. The first kappa shape index (κ1) is 14.6. The third-order valence-electron chi connectivity index (χ3n) is 2.89. The smallest absolute Gasteiger partial charge is 0.123 e. The lowest BCUT2D eigenvalue weighted by Gasteiger charge is -2.15. The summed E-state index contributed by atoms with van der Waals surface area (Å²) in [6.07, 6.45) is 0. The molecule has 0 aromatic heterocycles. The van der Waals surface area contributed by atoms with Gasteiger partial charge in [0.15, 0.2) is 0 Å². The van der Waals surface area contributed by atoms with Crippen LogP contribution in [0.5, 0.6) is 0 Å². The van der Waals surface area contributed by atoms with Gasteiger partial charge in [-0.15, -0.1) is 11.8 Å². The zero-order chi connectivity index (χ0) is 13.8. The molecule has 4 heteroatoms. The molecule has 0 radical (unpaired) electrons. The minimum atomic E-state index is -0.216. The summed E-state index contributed by atoms with van der Waals surface area (Å²) in [6, 6.07) is 12.7. The van der Waals surface area contributed by atoms with Gasteiger partial charge >= 0.3 is 0 Å². The second-order valence-corrected chi connectivity index (χ2v) is 6.27. The molecule has 2 rings (SSSR count). The van der Waals surface area contributed by atoms with Gasteiger partial charge in [-0.3, -0.25) is 0 Å². The van der Waals surface area contributed by atoms with E-state index in [1.807, 2.05) is 25.1 Å². The SMILES string of the molecule is Cc1cc(F)ccc1C(N)CSc1ccccc1Br. The van der Waals surface area contributed by atoms with Crippen LogP contribution in [0.4, 0.5) is 4.39 Å². The summed E-state index contributed by atoms with van der Waals surface area (Å²) in [5.41, 5.74) is 8.09. The highest BCUT2D eigenvalue weighted by Gasteiger charge is 2.11. The molecule has 19 heavy (non-hydrogen) atoms. The second kappa shape index (κ2) is 6.55. The molecule has 0 aliphatic rings. The van der Waals surface area contributed by atoms with E-state index in [-0.39, 0.29) is 11.9 Å². The summed E-state index contributed by atoms with van der Waals surface area (Å²) in [5.74, 6) is 0.543. The number of halogens is 2. The molecule has 0 heterocycles. The Morgan fingerprint density at radius 3 is 2.68 bits per heavy atom. The van der Waals surface area contributed by atoms with Crippen molar-refractivity contribution in [3.63, 3.8) is 0 Å². The third-order valence-corrected chi connectivity index (χ3v) is 5.03. The third kappa shape index (κ3) is 3.81. The van der Waals surface area contributed by atoms with Crippen LogP contribution in [0.1, 0.15) is 17.2 Å². The number of benzene rings is 2. The molecule has 0 aliphatic carbocycles. The zero-order valence-corrected chi connectivity index (χ0v) is 13.0. The van der Waals surface area contributed by atoms with Gasteiger partial charge in [0.05, 0.1) is 0 Å². The molecule has 0 fully saturated rings. The quantitative estimate of drug-likeness (QED) is 0.817. The summed E-state index contributed by atoms with van der Waals surface area (Å²) < 4.78 is 14.1. The molecule has 1 atom stereocenters. The molecule has 100 valence electrons. The van der Waals surface area contributed by atoms with Gasteiger partial charge in [-0.25, -0.2) is 4.39 Å². The highest BCUT2D eigenvalue weighted by molar-refractivity contribution is 9.10. The van der Waals surface area contributed by atoms with E-state index in [2.05, 4.69) is 22.0 Å². The van der Waals surface area contributed by atoms with E-state index in [9.17, 15) is 4.39 Å². The van der Waals surface area contributed by atoms with Gasteiger partial charge in [-0.1, -0.05) is 18.2 Å². The molecule has 2 aromatic carbocycles. The van der Waals surface area contributed by atoms with Gasteiger partial charge in [0.25, 0.3) is 0 Å². The Labute approximate surface area is 125 Å². The van der Waals surface area contributed by atoms with Crippen molar-refractivity contribution in [2.24, 2.45) is 5.73 Å². The molecule has 0 saturated carbocycles. The molecule has 2 N–H and O–H groups in total.